The maximum Gasteiger partial charge on any atom is 0.163 e. The second-order valence-electron chi connectivity index (χ2n) is 3.83. The van der Waals surface area contributed by atoms with Crippen molar-refractivity contribution < 1.29 is 0 Å². The average molecular weight is 225 g/mol. The predicted octanol–water partition coefficient (Wildman–Crippen LogP) is 1.71. The van der Waals surface area contributed by atoms with Crippen LogP contribution in [-0.4, -0.2) is 19.7 Å². The Bertz CT molecular complexity index is 686. The Morgan fingerprint density at radius 1 is 1.24 bits per heavy atom. The second kappa shape index (κ2) is 3.55. The average Bonchev–Trinajstić information content (AvgIpc) is 2.73. The number of rotatable bonds is 1. The van der Waals surface area contributed by atoms with Gasteiger partial charge < -0.3 is 5.73 Å². The molecule has 0 saturated heterocycles. The van der Waals surface area contributed by atoms with Gasteiger partial charge in [-0.25, -0.2) is 14.6 Å². The fraction of sp³-hybridized carbons (Fsp3) is 0.0833. The Hall–Kier alpha value is -2.43. The zero-order valence-corrected chi connectivity index (χ0v) is 9.33. The zero-order chi connectivity index (χ0) is 11.8. The molecule has 84 valence electrons. The molecule has 0 aliphatic rings. The third kappa shape index (κ3) is 1.52. The summed E-state index contributed by atoms with van der Waals surface area (Å²) in [5.74, 6) is 0.459. The molecule has 0 saturated carbocycles. The smallest absolute Gasteiger partial charge is 0.163 e. The van der Waals surface area contributed by atoms with Gasteiger partial charge in [0, 0.05) is 17.3 Å². The van der Waals surface area contributed by atoms with Gasteiger partial charge in [-0.1, -0.05) is 0 Å². The summed E-state index contributed by atoms with van der Waals surface area (Å²) in [6.07, 6.45) is 3.50. The molecule has 0 spiro atoms. The van der Waals surface area contributed by atoms with Crippen LogP contribution in [0.4, 0.5) is 5.82 Å². The van der Waals surface area contributed by atoms with E-state index in [4.69, 9.17) is 5.73 Å². The van der Waals surface area contributed by atoms with Crippen LogP contribution in [-0.2, 0) is 0 Å². The van der Waals surface area contributed by atoms with Gasteiger partial charge in [0.2, 0.25) is 0 Å². The van der Waals surface area contributed by atoms with E-state index in [0.717, 1.165) is 22.4 Å². The van der Waals surface area contributed by atoms with E-state index < -0.39 is 0 Å². The standard InChI is InChI=1S/C12H11N5/c1-8-4-5-10(11(13)16-8)17-12-9(7-15-17)3-2-6-14-12/h2-7H,1H3,(H2,13,16). The summed E-state index contributed by atoms with van der Waals surface area (Å²) in [4.78, 5) is 8.52. The highest BCUT2D eigenvalue weighted by molar-refractivity contribution is 5.77. The van der Waals surface area contributed by atoms with Crippen molar-refractivity contribution in [3.8, 4) is 5.69 Å². The van der Waals surface area contributed by atoms with Crippen LogP contribution in [0.15, 0.2) is 36.7 Å². The highest BCUT2D eigenvalue weighted by Crippen LogP contribution is 2.19. The van der Waals surface area contributed by atoms with Crippen LogP contribution in [0.1, 0.15) is 5.69 Å². The van der Waals surface area contributed by atoms with Crippen LogP contribution < -0.4 is 5.73 Å². The first-order valence-electron chi connectivity index (χ1n) is 5.28. The number of nitrogen functional groups attached to an aromatic ring is 1. The molecule has 0 aliphatic heterocycles. The minimum atomic E-state index is 0.459. The third-order valence-electron chi connectivity index (χ3n) is 2.60. The van der Waals surface area contributed by atoms with E-state index in [9.17, 15) is 0 Å². The van der Waals surface area contributed by atoms with E-state index in [1.54, 1.807) is 17.1 Å². The molecule has 5 heteroatoms. The van der Waals surface area contributed by atoms with Gasteiger partial charge in [-0.2, -0.15) is 5.10 Å². The number of anilines is 1. The van der Waals surface area contributed by atoms with Crippen LogP contribution in [0, 0.1) is 6.92 Å². The Balaban J connectivity index is 2.27. The van der Waals surface area contributed by atoms with Gasteiger partial charge in [0.05, 0.1) is 6.20 Å². The van der Waals surface area contributed by atoms with Crippen molar-refractivity contribution in [1.29, 1.82) is 0 Å². The molecule has 0 unspecified atom stereocenters. The highest BCUT2D eigenvalue weighted by atomic mass is 15.3. The van der Waals surface area contributed by atoms with Gasteiger partial charge in [0.1, 0.15) is 11.5 Å². The number of aromatic nitrogens is 4. The molecular weight excluding hydrogens is 214 g/mol. The number of hydrogen-bond acceptors (Lipinski definition) is 4. The quantitative estimate of drug-likeness (QED) is 0.684. The van der Waals surface area contributed by atoms with Crippen molar-refractivity contribution in [3.63, 3.8) is 0 Å². The molecule has 5 nitrogen and oxygen atoms in total. The second-order valence-corrected chi connectivity index (χ2v) is 3.83. The van der Waals surface area contributed by atoms with Crippen LogP contribution in [0.25, 0.3) is 16.7 Å². The minimum Gasteiger partial charge on any atom is -0.382 e. The van der Waals surface area contributed by atoms with Crippen LogP contribution in [0.2, 0.25) is 0 Å². The summed E-state index contributed by atoms with van der Waals surface area (Å²) in [5.41, 5.74) is 8.33. The van der Waals surface area contributed by atoms with Gasteiger partial charge in [-0.3, -0.25) is 0 Å². The lowest BCUT2D eigenvalue weighted by atomic mass is 10.3. The molecule has 3 aromatic heterocycles. The summed E-state index contributed by atoms with van der Waals surface area (Å²) in [6, 6.07) is 7.65. The predicted molar refractivity (Wildman–Crippen MR) is 65.8 cm³/mol. The molecule has 3 aromatic rings. The van der Waals surface area contributed by atoms with E-state index in [-0.39, 0.29) is 0 Å². The zero-order valence-electron chi connectivity index (χ0n) is 9.33. The molecule has 0 fully saturated rings. The number of aryl methyl sites for hydroxylation is 1. The Morgan fingerprint density at radius 3 is 2.94 bits per heavy atom. The van der Waals surface area contributed by atoms with E-state index in [0.29, 0.717) is 5.82 Å². The summed E-state index contributed by atoms with van der Waals surface area (Å²) >= 11 is 0. The molecule has 0 aliphatic carbocycles. The molecule has 0 amide bonds. The maximum atomic E-state index is 5.90. The highest BCUT2D eigenvalue weighted by Gasteiger charge is 2.09. The lowest BCUT2D eigenvalue weighted by Gasteiger charge is -2.06. The molecule has 3 heterocycles. The molecule has 2 N–H and O–H groups in total. The van der Waals surface area contributed by atoms with Gasteiger partial charge >= 0.3 is 0 Å². The van der Waals surface area contributed by atoms with E-state index in [1.165, 1.54) is 0 Å². The first kappa shape index (κ1) is 9.77. The molecule has 17 heavy (non-hydrogen) atoms. The van der Waals surface area contributed by atoms with E-state index in [2.05, 4.69) is 15.1 Å². The van der Waals surface area contributed by atoms with Crippen molar-refractivity contribution in [3.05, 3.63) is 42.4 Å². The number of fused-ring (bicyclic) bond motifs is 1. The summed E-state index contributed by atoms with van der Waals surface area (Å²) in [7, 11) is 0. The fourth-order valence-electron chi connectivity index (χ4n) is 1.79. The molecule has 0 radical (unpaired) electrons. The van der Waals surface area contributed by atoms with Gasteiger partial charge in [-0.15, -0.1) is 0 Å². The van der Waals surface area contributed by atoms with E-state index >= 15 is 0 Å². The molecule has 0 bridgehead atoms. The van der Waals surface area contributed by atoms with Gasteiger partial charge in [0.15, 0.2) is 5.65 Å². The fourth-order valence-corrected chi connectivity index (χ4v) is 1.79. The number of nitrogens with zero attached hydrogens (tertiary/aromatic N) is 4. The molecular formula is C12H11N5. The lowest BCUT2D eigenvalue weighted by molar-refractivity contribution is 0.891. The first-order chi connectivity index (χ1) is 8.25. The third-order valence-corrected chi connectivity index (χ3v) is 2.60. The SMILES string of the molecule is Cc1ccc(-n2ncc3cccnc32)c(N)n1. The van der Waals surface area contributed by atoms with Crippen molar-refractivity contribution in [2.45, 2.75) is 6.92 Å². The number of nitrogens with two attached hydrogens (primary N) is 1. The Morgan fingerprint density at radius 2 is 2.12 bits per heavy atom. The monoisotopic (exact) mass is 225 g/mol. The molecule has 0 atom stereocenters. The van der Waals surface area contributed by atoms with Crippen molar-refractivity contribution in [1.82, 2.24) is 19.7 Å². The summed E-state index contributed by atoms with van der Waals surface area (Å²) in [6.45, 7) is 1.90. The van der Waals surface area contributed by atoms with Gasteiger partial charge in [0.25, 0.3) is 0 Å². The van der Waals surface area contributed by atoms with Gasteiger partial charge in [-0.05, 0) is 31.2 Å². The minimum absolute atomic E-state index is 0.459. The van der Waals surface area contributed by atoms with Crippen molar-refractivity contribution >= 4 is 16.9 Å². The number of hydrogen-bond donors (Lipinski definition) is 1. The molecule has 0 aromatic carbocycles. The van der Waals surface area contributed by atoms with Crippen molar-refractivity contribution in [2.75, 3.05) is 5.73 Å². The topological polar surface area (TPSA) is 69.6 Å². The van der Waals surface area contributed by atoms with Crippen LogP contribution in [0.5, 0.6) is 0 Å². The summed E-state index contributed by atoms with van der Waals surface area (Å²) < 4.78 is 1.71. The first-order valence-corrected chi connectivity index (χ1v) is 5.28. The van der Waals surface area contributed by atoms with Crippen LogP contribution >= 0.6 is 0 Å². The lowest BCUT2D eigenvalue weighted by Crippen LogP contribution is -2.04. The molecule has 3 rings (SSSR count). The van der Waals surface area contributed by atoms with Crippen molar-refractivity contribution in [2.24, 2.45) is 0 Å². The Labute approximate surface area is 97.9 Å². The largest absolute Gasteiger partial charge is 0.382 e. The number of pyridine rings is 2. The van der Waals surface area contributed by atoms with Crippen LogP contribution in [0.3, 0.4) is 0 Å². The normalized spacial score (nSPS) is 10.9. The maximum absolute atomic E-state index is 5.90. The Kier molecular flexibility index (Phi) is 2.04. The van der Waals surface area contributed by atoms with E-state index in [1.807, 2.05) is 31.2 Å². The summed E-state index contributed by atoms with van der Waals surface area (Å²) in [5, 5.41) is 5.27.